The first-order valence-electron chi connectivity index (χ1n) is 12.4. The lowest BCUT2D eigenvalue weighted by atomic mass is 9.79. The molecule has 2 aliphatic rings. The molecule has 1 aliphatic carbocycles. The lowest BCUT2D eigenvalue weighted by Gasteiger charge is -2.28. The number of amides is 1. The van der Waals surface area contributed by atoms with Gasteiger partial charge in [-0.05, 0) is 90.2 Å². The third-order valence-corrected chi connectivity index (χ3v) is 8.38. The molecule has 3 heterocycles. The Balaban J connectivity index is 1.18. The summed E-state index contributed by atoms with van der Waals surface area (Å²) in [5.41, 5.74) is 2.29. The molecule has 2 unspecified atom stereocenters. The number of ether oxygens (including phenoxy) is 2. The van der Waals surface area contributed by atoms with Crippen molar-refractivity contribution in [3.63, 3.8) is 0 Å². The number of hydrazone groups is 1. The van der Waals surface area contributed by atoms with Crippen molar-refractivity contribution in [1.29, 1.82) is 0 Å². The summed E-state index contributed by atoms with van der Waals surface area (Å²) in [5.74, 6) is 2.16. The van der Waals surface area contributed by atoms with Crippen LogP contribution in [0.15, 0.2) is 100 Å². The summed E-state index contributed by atoms with van der Waals surface area (Å²) in [6.45, 7) is -0.0752. The van der Waals surface area contributed by atoms with Crippen LogP contribution in [0, 0.1) is 5.92 Å². The van der Waals surface area contributed by atoms with Crippen LogP contribution < -0.4 is 9.47 Å². The molecular weight excluding hydrogens is 500 g/mol. The van der Waals surface area contributed by atoms with Gasteiger partial charge in [0.2, 0.25) is 0 Å². The highest BCUT2D eigenvalue weighted by atomic mass is 32.1. The first kappa shape index (κ1) is 23.7. The van der Waals surface area contributed by atoms with E-state index in [9.17, 15) is 4.79 Å². The molecule has 186 valence electrons. The van der Waals surface area contributed by atoms with Crippen molar-refractivity contribution in [3.8, 4) is 17.2 Å². The maximum Gasteiger partial charge on any atom is 0.281 e. The van der Waals surface area contributed by atoms with Crippen LogP contribution >= 0.6 is 22.7 Å². The topological polar surface area (TPSA) is 51.1 Å². The number of para-hydroxylation sites is 1. The number of thiophene rings is 2. The zero-order valence-corrected chi connectivity index (χ0v) is 21.8. The monoisotopic (exact) mass is 526 g/mol. The molecule has 37 heavy (non-hydrogen) atoms. The van der Waals surface area contributed by atoms with Gasteiger partial charge in [-0.15, -0.1) is 22.7 Å². The van der Waals surface area contributed by atoms with E-state index >= 15 is 0 Å². The molecule has 0 saturated heterocycles. The Labute approximate surface area is 224 Å². The summed E-state index contributed by atoms with van der Waals surface area (Å²) in [4.78, 5) is 15.8. The number of carbonyl (C=O) groups is 1. The average Bonchev–Trinajstić information content (AvgIpc) is 3.70. The van der Waals surface area contributed by atoms with E-state index in [-0.39, 0.29) is 24.5 Å². The maximum atomic E-state index is 13.5. The third kappa shape index (κ3) is 5.24. The predicted octanol–water partition coefficient (Wildman–Crippen LogP) is 7.80. The van der Waals surface area contributed by atoms with Crippen LogP contribution in [0.3, 0.4) is 0 Å². The second-order valence-electron chi connectivity index (χ2n) is 9.04. The maximum absolute atomic E-state index is 13.5. The summed E-state index contributed by atoms with van der Waals surface area (Å²) in [6, 6.07) is 25.2. The number of nitrogens with zero attached hydrogens (tertiary/aromatic N) is 2. The highest BCUT2D eigenvalue weighted by Gasteiger charge is 2.44. The molecule has 4 aromatic rings. The molecule has 2 aromatic carbocycles. The van der Waals surface area contributed by atoms with E-state index in [2.05, 4.69) is 35.0 Å². The first-order valence-corrected chi connectivity index (χ1v) is 14.1. The van der Waals surface area contributed by atoms with Gasteiger partial charge in [0, 0.05) is 15.7 Å². The molecule has 1 saturated carbocycles. The van der Waals surface area contributed by atoms with E-state index in [0.29, 0.717) is 11.5 Å². The Bertz CT molecular complexity index is 1400. The summed E-state index contributed by atoms with van der Waals surface area (Å²) in [7, 11) is 0. The Morgan fingerprint density at radius 1 is 0.919 bits per heavy atom. The summed E-state index contributed by atoms with van der Waals surface area (Å²) in [6.07, 6.45) is 5.35. The van der Waals surface area contributed by atoms with Crippen LogP contribution in [-0.4, -0.2) is 23.2 Å². The standard InChI is InChI=1S/C30H26N2O3S2/c33-28(20-34-22-13-15-24(16-14-22)35-23-8-2-1-3-9-23)32-30(27-12-6-18-37-27)26-11-4-7-21(29(26)31-32)19-25-10-5-17-36-25/h1-3,5-6,8-10,12-19,26,30H,4,7,11,20H2. The Kier molecular flexibility index (Phi) is 6.88. The molecule has 2 aromatic heterocycles. The number of hydrogen-bond donors (Lipinski definition) is 0. The number of hydrogen-bond acceptors (Lipinski definition) is 6. The molecule has 6 rings (SSSR count). The Morgan fingerprint density at radius 2 is 1.68 bits per heavy atom. The minimum absolute atomic E-state index is 0.0752. The van der Waals surface area contributed by atoms with Crippen LogP contribution in [0.1, 0.15) is 35.1 Å². The minimum atomic E-state index is -0.139. The van der Waals surface area contributed by atoms with Gasteiger partial charge in [0.1, 0.15) is 17.2 Å². The largest absolute Gasteiger partial charge is 0.484 e. The molecule has 7 heteroatoms. The number of rotatable bonds is 7. The Morgan fingerprint density at radius 3 is 2.43 bits per heavy atom. The van der Waals surface area contributed by atoms with Crippen LogP contribution in [0.25, 0.3) is 6.08 Å². The van der Waals surface area contributed by atoms with Gasteiger partial charge < -0.3 is 9.47 Å². The molecule has 0 N–H and O–H groups in total. The van der Waals surface area contributed by atoms with Gasteiger partial charge in [-0.3, -0.25) is 4.79 Å². The molecule has 1 amide bonds. The Hall–Kier alpha value is -3.68. The summed E-state index contributed by atoms with van der Waals surface area (Å²) in [5, 5.41) is 10.8. The van der Waals surface area contributed by atoms with E-state index in [1.165, 1.54) is 10.5 Å². The normalized spacial score (nSPS) is 19.9. The minimum Gasteiger partial charge on any atom is -0.484 e. The molecule has 1 fully saturated rings. The van der Waals surface area contributed by atoms with Crippen LogP contribution in [0.5, 0.6) is 17.2 Å². The lowest BCUT2D eigenvalue weighted by Crippen LogP contribution is -2.34. The number of allylic oxidation sites excluding steroid dienone is 1. The second kappa shape index (κ2) is 10.7. The third-order valence-electron chi connectivity index (χ3n) is 6.62. The van der Waals surface area contributed by atoms with Crippen LogP contribution in [0.4, 0.5) is 0 Å². The van der Waals surface area contributed by atoms with Gasteiger partial charge in [-0.25, -0.2) is 5.01 Å². The lowest BCUT2D eigenvalue weighted by molar-refractivity contribution is -0.135. The van der Waals surface area contributed by atoms with Crippen molar-refractivity contribution in [1.82, 2.24) is 5.01 Å². The van der Waals surface area contributed by atoms with Crippen molar-refractivity contribution >= 4 is 40.4 Å². The predicted molar refractivity (Wildman–Crippen MR) is 149 cm³/mol. The summed E-state index contributed by atoms with van der Waals surface area (Å²) >= 11 is 3.41. The van der Waals surface area contributed by atoms with Crippen molar-refractivity contribution < 1.29 is 14.3 Å². The van der Waals surface area contributed by atoms with E-state index in [0.717, 1.165) is 35.6 Å². The van der Waals surface area contributed by atoms with Gasteiger partial charge in [-0.1, -0.05) is 30.3 Å². The first-order chi connectivity index (χ1) is 18.2. The molecular formula is C30H26N2O3S2. The van der Waals surface area contributed by atoms with Gasteiger partial charge in [0.25, 0.3) is 5.91 Å². The van der Waals surface area contributed by atoms with Gasteiger partial charge in [0.15, 0.2) is 6.61 Å². The fraction of sp³-hybridized carbons (Fsp3) is 0.200. The average molecular weight is 527 g/mol. The van der Waals surface area contributed by atoms with Crippen molar-refractivity contribution in [2.24, 2.45) is 11.0 Å². The zero-order chi connectivity index (χ0) is 25.0. The molecule has 2 atom stereocenters. The second-order valence-corrected chi connectivity index (χ2v) is 11.0. The molecule has 5 nitrogen and oxygen atoms in total. The van der Waals surface area contributed by atoms with Gasteiger partial charge >= 0.3 is 0 Å². The van der Waals surface area contributed by atoms with Gasteiger partial charge in [-0.2, -0.15) is 5.10 Å². The molecule has 1 aliphatic heterocycles. The highest BCUT2D eigenvalue weighted by Crippen LogP contribution is 2.45. The fourth-order valence-electron chi connectivity index (χ4n) is 4.93. The fourth-order valence-corrected chi connectivity index (χ4v) is 6.49. The SMILES string of the molecule is O=C(COc1ccc(Oc2ccccc2)cc1)N1N=C2C(=Cc3cccs3)CCCC2C1c1cccs1. The van der Waals surface area contributed by atoms with E-state index < -0.39 is 0 Å². The highest BCUT2D eigenvalue weighted by molar-refractivity contribution is 7.11. The van der Waals surface area contributed by atoms with Gasteiger partial charge in [0.05, 0.1) is 11.8 Å². The van der Waals surface area contributed by atoms with Crippen molar-refractivity contribution in [3.05, 3.63) is 105 Å². The van der Waals surface area contributed by atoms with Crippen LogP contribution in [0.2, 0.25) is 0 Å². The smallest absolute Gasteiger partial charge is 0.281 e. The number of carbonyl (C=O) groups excluding carboxylic acids is 1. The molecule has 0 radical (unpaired) electrons. The number of benzene rings is 2. The van der Waals surface area contributed by atoms with E-state index in [1.807, 2.05) is 60.7 Å². The number of fused-ring (bicyclic) bond motifs is 1. The molecule has 0 bridgehead atoms. The zero-order valence-electron chi connectivity index (χ0n) is 20.2. The van der Waals surface area contributed by atoms with E-state index in [4.69, 9.17) is 14.6 Å². The van der Waals surface area contributed by atoms with Crippen molar-refractivity contribution in [2.75, 3.05) is 6.61 Å². The van der Waals surface area contributed by atoms with Crippen LogP contribution in [-0.2, 0) is 4.79 Å². The van der Waals surface area contributed by atoms with E-state index in [1.54, 1.807) is 27.7 Å². The summed E-state index contributed by atoms with van der Waals surface area (Å²) < 4.78 is 11.7. The quantitative estimate of drug-likeness (QED) is 0.247. The molecule has 0 spiro atoms. The van der Waals surface area contributed by atoms with Crippen molar-refractivity contribution in [2.45, 2.75) is 25.3 Å².